The third kappa shape index (κ3) is 12.6. The molecule has 0 aromatic heterocycles. The Labute approximate surface area is 155 Å². The zero-order valence-electron chi connectivity index (χ0n) is 15.5. The minimum Gasteiger partial charge on any atom is -0.480 e. The Morgan fingerprint density at radius 1 is 0.885 bits per heavy atom. The summed E-state index contributed by atoms with van der Waals surface area (Å²) in [7, 11) is 0. The number of carbonyl (C=O) groups excluding carboxylic acids is 2. The maximum Gasteiger partial charge on any atom is 0.326 e. The van der Waals surface area contributed by atoms with Gasteiger partial charge in [0.15, 0.2) is 0 Å². The number of hydrogen-bond acceptors (Lipinski definition) is 6. The molecule has 0 unspecified atom stereocenters. The Morgan fingerprint density at radius 2 is 1.50 bits per heavy atom. The number of rotatable bonds is 16. The predicted octanol–water partition coefficient (Wildman–Crippen LogP) is -0.572. The van der Waals surface area contributed by atoms with Gasteiger partial charge in [0.05, 0.1) is 6.04 Å². The second-order valence-electron chi connectivity index (χ2n) is 6.38. The Morgan fingerprint density at radius 3 is 2.08 bits per heavy atom. The lowest BCUT2D eigenvalue weighted by Crippen LogP contribution is -2.41. The van der Waals surface area contributed by atoms with Crippen LogP contribution in [0.25, 0.3) is 0 Å². The second-order valence-corrected chi connectivity index (χ2v) is 6.38. The van der Waals surface area contributed by atoms with E-state index in [1.807, 2.05) is 0 Å². The van der Waals surface area contributed by atoms with Crippen molar-refractivity contribution in [2.24, 2.45) is 17.2 Å². The normalized spacial score (nSPS) is 13.0. The molecule has 2 amide bonds. The standard InChI is InChI=1S/C17H35N5O4/c18-10-4-1-7-13(20)16(24)21-12-6-3-9-15(23)22-14(17(25)26)8-2-5-11-19/h13-14H,1-12,18-20H2,(H,21,24)(H,22,23)(H,25,26)/t13-,14-/m0/s1. The third-order valence-electron chi connectivity index (χ3n) is 4.02. The molecule has 0 aromatic rings. The van der Waals surface area contributed by atoms with Gasteiger partial charge >= 0.3 is 5.97 Å². The lowest BCUT2D eigenvalue weighted by atomic mass is 10.1. The van der Waals surface area contributed by atoms with E-state index in [1.165, 1.54) is 0 Å². The second kappa shape index (κ2) is 15.5. The van der Waals surface area contributed by atoms with Gasteiger partial charge in [0.1, 0.15) is 6.04 Å². The van der Waals surface area contributed by atoms with Crippen molar-refractivity contribution in [2.75, 3.05) is 19.6 Å². The molecule has 0 bridgehead atoms. The number of amides is 2. The zero-order chi connectivity index (χ0) is 19.8. The van der Waals surface area contributed by atoms with Crippen molar-refractivity contribution >= 4 is 17.8 Å². The van der Waals surface area contributed by atoms with Gasteiger partial charge in [-0.3, -0.25) is 9.59 Å². The van der Waals surface area contributed by atoms with Gasteiger partial charge in [0, 0.05) is 13.0 Å². The summed E-state index contributed by atoms with van der Waals surface area (Å²) in [4.78, 5) is 34.7. The summed E-state index contributed by atoms with van der Waals surface area (Å²) in [5.41, 5.74) is 16.5. The Hall–Kier alpha value is -1.71. The van der Waals surface area contributed by atoms with Crippen LogP contribution in [0.1, 0.15) is 57.8 Å². The van der Waals surface area contributed by atoms with E-state index >= 15 is 0 Å². The highest BCUT2D eigenvalue weighted by atomic mass is 16.4. The summed E-state index contributed by atoms with van der Waals surface area (Å²) < 4.78 is 0. The topological polar surface area (TPSA) is 174 Å². The Balaban J connectivity index is 3.86. The van der Waals surface area contributed by atoms with Crippen LogP contribution in [-0.2, 0) is 14.4 Å². The highest BCUT2D eigenvalue weighted by molar-refractivity contribution is 5.83. The summed E-state index contributed by atoms with van der Waals surface area (Å²) in [5.74, 6) is -1.53. The molecular formula is C17H35N5O4. The molecule has 0 saturated carbocycles. The van der Waals surface area contributed by atoms with Gasteiger partial charge in [0.25, 0.3) is 0 Å². The first-order valence-corrected chi connectivity index (χ1v) is 9.38. The molecular weight excluding hydrogens is 338 g/mol. The number of carbonyl (C=O) groups is 3. The van der Waals surface area contributed by atoms with Crippen molar-refractivity contribution in [1.82, 2.24) is 10.6 Å². The molecule has 152 valence electrons. The quantitative estimate of drug-likeness (QED) is 0.196. The monoisotopic (exact) mass is 373 g/mol. The van der Waals surface area contributed by atoms with Crippen molar-refractivity contribution in [3.63, 3.8) is 0 Å². The van der Waals surface area contributed by atoms with Crippen LogP contribution in [0.4, 0.5) is 0 Å². The van der Waals surface area contributed by atoms with E-state index in [2.05, 4.69) is 10.6 Å². The predicted molar refractivity (Wildman–Crippen MR) is 100 cm³/mol. The minimum atomic E-state index is -1.04. The molecule has 0 aliphatic carbocycles. The van der Waals surface area contributed by atoms with E-state index in [9.17, 15) is 14.4 Å². The van der Waals surface area contributed by atoms with Crippen LogP contribution in [0.2, 0.25) is 0 Å². The summed E-state index contributed by atoms with van der Waals surface area (Å²) in [6.07, 6.45) is 5.44. The molecule has 2 atom stereocenters. The van der Waals surface area contributed by atoms with Gasteiger partial charge in [0.2, 0.25) is 11.8 Å². The van der Waals surface area contributed by atoms with Gasteiger partial charge < -0.3 is 32.9 Å². The van der Waals surface area contributed by atoms with Gasteiger partial charge in [-0.25, -0.2) is 4.79 Å². The summed E-state index contributed by atoms with van der Waals surface area (Å²) >= 11 is 0. The van der Waals surface area contributed by atoms with Gasteiger partial charge in [-0.2, -0.15) is 0 Å². The number of nitrogens with two attached hydrogens (primary N) is 3. The molecule has 9 heteroatoms. The van der Waals surface area contributed by atoms with Crippen LogP contribution >= 0.6 is 0 Å². The maximum atomic E-state index is 11.8. The number of carboxylic acid groups (broad SMARTS) is 1. The van der Waals surface area contributed by atoms with Crippen LogP contribution in [0.3, 0.4) is 0 Å². The van der Waals surface area contributed by atoms with Crippen molar-refractivity contribution in [3.8, 4) is 0 Å². The average molecular weight is 373 g/mol. The molecule has 0 saturated heterocycles. The van der Waals surface area contributed by atoms with Crippen molar-refractivity contribution in [2.45, 2.75) is 69.9 Å². The average Bonchev–Trinajstić information content (AvgIpc) is 2.60. The van der Waals surface area contributed by atoms with E-state index < -0.39 is 18.1 Å². The molecule has 0 heterocycles. The maximum absolute atomic E-state index is 11.8. The summed E-state index contributed by atoms with van der Waals surface area (Å²) in [6.45, 7) is 1.53. The molecule has 0 radical (unpaired) electrons. The lowest BCUT2D eigenvalue weighted by Gasteiger charge is -2.14. The molecule has 0 aromatic carbocycles. The highest BCUT2D eigenvalue weighted by Gasteiger charge is 2.19. The van der Waals surface area contributed by atoms with E-state index in [4.69, 9.17) is 22.3 Å². The molecule has 0 spiro atoms. The van der Waals surface area contributed by atoms with E-state index in [-0.39, 0.29) is 18.2 Å². The van der Waals surface area contributed by atoms with Crippen LogP contribution < -0.4 is 27.8 Å². The van der Waals surface area contributed by atoms with Gasteiger partial charge in [-0.05, 0) is 58.0 Å². The van der Waals surface area contributed by atoms with Crippen molar-refractivity contribution in [3.05, 3.63) is 0 Å². The van der Waals surface area contributed by atoms with E-state index in [0.717, 1.165) is 19.3 Å². The number of unbranched alkanes of at least 4 members (excludes halogenated alkanes) is 3. The molecule has 0 aliphatic rings. The molecule has 0 aliphatic heterocycles. The van der Waals surface area contributed by atoms with E-state index in [0.29, 0.717) is 51.7 Å². The molecule has 0 fully saturated rings. The van der Waals surface area contributed by atoms with E-state index in [1.54, 1.807) is 0 Å². The number of aliphatic carboxylic acids is 1. The van der Waals surface area contributed by atoms with Crippen molar-refractivity contribution < 1.29 is 19.5 Å². The SMILES string of the molecule is NCCCC[C@H](NC(=O)CCCCNC(=O)[C@@H](N)CCCCN)C(=O)O. The number of nitrogens with one attached hydrogen (secondary N) is 2. The summed E-state index contributed by atoms with van der Waals surface area (Å²) in [6, 6.07) is -1.41. The lowest BCUT2D eigenvalue weighted by molar-refractivity contribution is -0.142. The fourth-order valence-corrected chi connectivity index (χ4v) is 2.41. The van der Waals surface area contributed by atoms with Gasteiger partial charge in [-0.15, -0.1) is 0 Å². The number of carboxylic acids is 1. The molecule has 9 nitrogen and oxygen atoms in total. The van der Waals surface area contributed by atoms with Crippen LogP contribution in [0.15, 0.2) is 0 Å². The fraction of sp³-hybridized carbons (Fsp3) is 0.824. The minimum absolute atomic E-state index is 0.197. The molecule has 26 heavy (non-hydrogen) atoms. The Kier molecular flexibility index (Phi) is 14.5. The van der Waals surface area contributed by atoms with Crippen LogP contribution in [0, 0.1) is 0 Å². The third-order valence-corrected chi connectivity index (χ3v) is 4.02. The first-order valence-electron chi connectivity index (χ1n) is 9.38. The first-order chi connectivity index (χ1) is 12.4. The van der Waals surface area contributed by atoms with Gasteiger partial charge in [-0.1, -0.05) is 6.42 Å². The largest absolute Gasteiger partial charge is 0.480 e. The smallest absolute Gasteiger partial charge is 0.326 e. The Bertz CT molecular complexity index is 420. The molecule has 9 N–H and O–H groups in total. The zero-order valence-corrected chi connectivity index (χ0v) is 15.5. The highest BCUT2D eigenvalue weighted by Crippen LogP contribution is 2.03. The fourth-order valence-electron chi connectivity index (χ4n) is 2.41. The van der Waals surface area contributed by atoms with Crippen molar-refractivity contribution in [1.29, 1.82) is 0 Å². The summed E-state index contributed by atoms with van der Waals surface area (Å²) in [5, 5.41) is 14.4. The van der Waals surface area contributed by atoms with Crippen LogP contribution in [0.5, 0.6) is 0 Å². The number of hydrogen-bond donors (Lipinski definition) is 6. The molecule has 0 rings (SSSR count). The van der Waals surface area contributed by atoms with Crippen LogP contribution in [-0.4, -0.2) is 54.6 Å². The first kappa shape index (κ1) is 24.3.